The second-order valence-corrected chi connectivity index (χ2v) is 12.5. The number of amides is 1. The summed E-state index contributed by atoms with van der Waals surface area (Å²) in [6.45, 7) is 11.8. The molecule has 3 aromatic rings. The number of fused-ring (bicyclic) bond motifs is 1. The highest BCUT2D eigenvalue weighted by Crippen LogP contribution is 2.23. The fraction of sp³-hybridized carbons (Fsp3) is 0.440. The van der Waals surface area contributed by atoms with E-state index in [0.29, 0.717) is 13.1 Å². The van der Waals surface area contributed by atoms with E-state index >= 15 is 0 Å². The van der Waals surface area contributed by atoms with Gasteiger partial charge in [-0.1, -0.05) is 30.7 Å². The van der Waals surface area contributed by atoms with E-state index in [9.17, 15) is 13.2 Å². The van der Waals surface area contributed by atoms with Gasteiger partial charge in [-0.05, 0) is 70.4 Å². The molecular weight excluding hydrogens is 486 g/mol. The van der Waals surface area contributed by atoms with Crippen LogP contribution in [0, 0.1) is 19.8 Å². The van der Waals surface area contributed by atoms with E-state index in [1.165, 1.54) is 12.1 Å². The second kappa shape index (κ2) is 11.0. The number of benzene rings is 2. The molecule has 1 atom stereocenters. The van der Waals surface area contributed by atoms with Crippen LogP contribution in [-0.2, 0) is 25.6 Å². The molecule has 0 unspecified atom stereocenters. The molecule has 0 bridgehead atoms. The van der Waals surface area contributed by atoms with E-state index in [4.69, 9.17) is 8.92 Å². The van der Waals surface area contributed by atoms with E-state index in [1.807, 2.05) is 39.0 Å². The van der Waals surface area contributed by atoms with Crippen molar-refractivity contribution in [1.29, 1.82) is 0 Å². The van der Waals surface area contributed by atoms with Gasteiger partial charge in [0.05, 0.1) is 26.7 Å². The lowest BCUT2D eigenvalue weighted by Crippen LogP contribution is -2.46. The Morgan fingerprint density at radius 2 is 1.83 bits per heavy atom. The van der Waals surface area contributed by atoms with Crippen LogP contribution in [0.3, 0.4) is 0 Å². The summed E-state index contributed by atoms with van der Waals surface area (Å²) in [5, 5.41) is 2.71. The van der Waals surface area contributed by atoms with Crippen LogP contribution < -0.4 is 5.43 Å². The summed E-state index contributed by atoms with van der Waals surface area (Å²) >= 11 is 1.61. The van der Waals surface area contributed by atoms with E-state index in [0.717, 1.165) is 26.4 Å². The third kappa shape index (κ3) is 8.28. The molecule has 0 aliphatic heterocycles. The molecule has 0 saturated carbocycles. The fourth-order valence-corrected chi connectivity index (χ4v) is 5.30. The quantitative estimate of drug-likeness (QED) is 0.307. The molecular formula is C25H33N3O5S2. The first kappa shape index (κ1) is 27.1. The fourth-order valence-electron chi connectivity index (χ4n) is 3.39. The molecule has 0 spiro atoms. The Morgan fingerprint density at radius 3 is 2.49 bits per heavy atom. The highest BCUT2D eigenvalue weighted by Gasteiger charge is 2.22. The molecule has 10 heteroatoms. The van der Waals surface area contributed by atoms with Crippen LogP contribution in [0.15, 0.2) is 47.4 Å². The average molecular weight is 520 g/mol. The SMILES string of the molecule is Cc1ccc(S(=O)(=O)OC[C@H](C)CN(Cc2ccc3nc(C)sc3c2)NC(=O)OC(C)(C)C)cc1. The predicted molar refractivity (Wildman–Crippen MR) is 138 cm³/mol. The van der Waals surface area contributed by atoms with Gasteiger partial charge in [0.2, 0.25) is 0 Å². The van der Waals surface area contributed by atoms with Crippen molar-refractivity contribution in [2.24, 2.45) is 5.92 Å². The number of rotatable bonds is 9. The van der Waals surface area contributed by atoms with Crippen molar-refractivity contribution in [3.05, 3.63) is 58.6 Å². The third-order valence-corrected chi connectivity index (χ3v) is 7.16. The maximum atomic E-state index is 12.6. The lowest BCUT2D eigenvalue weighted by Gasteiger charge is -2.28. The lowest BCUT2D eigenvalue weighted by atomic mass is 10.1. The molecule has 0 saturated heterocycles. The summed E-state index contributed by atoms with van der Waals surface area (Å²) in [5.74, 6) is -0.209. The van der Waals surface area contributed by atoms with Crippen molar-refractivity contribution in [3.8, 4) is 0 Å². The number of nitrogens with one attached hydrogen (secondary N) is 1. The molecule has 0 aliphatic rings. The Labute approximate surface area is 211 Å². The first-order chi connectivity index (χ1) is 16.3. The number of hydrogen-bond acceptors (Lipinski definition) is 8. The van der Waals surface area contributed by atoms with Crippen molar-refractivity contribution in [3.63, 3.8) is 0 Å². The lowest BCUT2D eigenvalue weighted by molar-refractivity contribution is 0.0276. The van der Waals surface area contributed by atoms with Crippen molar-refractivity contribution in [1.82, 2.24) is 15.4 Å². The van der Waals surface area contributed by atoms with Crippen LogP contribution in [0.2, 0.25) is 0 Å². The molecule has 0 fully saturated rings. The van der Waals surface area contributed by atoms with Crippen molar-refractivity contribution >= 4 is 37.8 Å². The normalized spacial score (nSPS) is 13.2. The maximum Gasteiger partial charge on any atom is 0.422 e. The summed E-state index contributed by atoms with van der Waals surface area (Å²) in [7, 11) is -3.87. The number of ether oxygens (including phenoxy) is 1. The Kier molecular flexibility index (Phi) is 8.53. The molecule has 190 valence electrons. The Balaban J connectivity index is 1.69. The van der Waals surface area contributed by atoms with Crippen LogP contribution in [0.25, 0.3) is 10.2 Å². The van der Waals surface area contributed by atoms with Gasteiger partial charge in [0.1, 0.15) is 5.60 Å². The van der Waals surface area contributed by atoms with Crippen LogP contribution >= 0.6 is 11.3 Å². The minimum Gasteiger partial charge on any atom is -0.443 e. The van der Waals surface area contributed by atoms with Crippen LogP contribution in [-0.4, -0.2) is 43.3 Å². The molecule has 1 heterocycles. The minimum atomic E-state index is -3.87. The van der Waals surface area contributed by atoms with Gasteiger partial charge in [-0.25, -0.2) is 14.8 Å². The molecule has 8 nitrogen and oxygen atoms in total. The zero-order valence-electron chi connectivity index (χ0n) is 21.0. The predicted octanol–water partition coefficient (Wildman–Crippen LogP) is 5.20. The smallest absolute Gasteiger partial charge is 0.422 e. The van der Waals surface area contributed by atoms with Gasteiger partial charge < -0.3 is 4.74 Å². The highest BCUT2D eigenvalue weighted by atomic mass is 32.2. The van der Waals surface area contributed by atoms with Crippen LogP contribution in [0.1, 0.15) is 43.8 Å². The molecule has 1 aromatic heterocycles. The van der Waals surface area contributed by atoms with Crippen molar-refractivity contribution in [2.75, 3.05) is 13.2 Å². The highest BCUT2D eigenvalue weighted by molar-refractivity contribution is 7.86. The summed E-state index contributed by atoms with van der Waals surface area (Å²) in [6, 6.07) is 12.5. The molecule has 1 N–H and O–H groups in total. The third-order valence-electron chi connectivity index (χ3n) is 4.93. The summed E-state index contributed by atoms with van der Waals surface area (Å²) < 4.78 is 36.9. The van der Waals surface area contributed by atoms with Crippen molar-refractivity contribution in [2.45, 2.75) is 58.6 Å². The van der Waals surface area contributed by atoms with Gasteiger partial charge in [-0.15, -0.1) is 11.3 Å². The van der Waals surface area contributed by atoms with Gasteiger partial charge in [0.25, 0.3) is 10.1 Å². The van der Waals surface area contributed by atoms with E-state index < -0.39 is 21.8 Å². The number of nitrogens with zero attached hydrogens (tertiary/aromatic N) is 2. The van der Waals surface area contributed by atoms with Crippen LogP contribution in [0.4, 0.5) is 4.79 Å². The van der Waals surface area contributed by atoms with Gasteiger partial charge in [0, 0.05) is 13.1 Å². The Morgan fingerprint density at radius 1 is 1.14 bits per heavy atom. The number of aryl methyl sites for hydroxylation is 2. The molecule has 3 rings (SSSR count). The Bertz CT molecular complexity index is 1260. The molecule has 2 aromatic carbocycles. The molecule has 0 aliphatic carbocycles. The number of aromatic nitrogens is 1. The summed E-state index contributed by atoms with van der Waals surface area (Å²) in [4.78, 5) is 17.1. The van der Waals surface area contributed by atoms with E-state index in [2.05, 4.69) is 10.4 Å². The largest absolute Gasteiger partial charge is 0.443 e. The second-order valence-electron chi connectivity index (χ2n) is 9.69. The van der Waals surface area contributed by atoms with E-state index in [1.54, 1.807) is 49.2 Å². The first-order valence-electron chi connectivity index (χ1n) is 11.4. The monoisotopic (exact) mass is 519 g/mol. The molecule has 1 amide bonds. The van der Waals surface area contributed by atoms with Gasteiger partial charge >= 0.3 is 6.09 Å². The van der Waals surface area contributed by atoms with Gasteiger partial charge in [0.15, 0.2) is 0 Å². The van der Waals surface area contributed by atoms with Gasteiger partial charge in [-0.3, -0.25) is 9.61 Å². The topological polar surface area (TPSA) is 97.8 Å². The first-order valence-corrected chi connectivity index (χ1v) is 13.6. The van der Waals surface area contributed by atoms with Crippen LogP contribution in [0.5, 0.6) is 0 Å². The average Bonchev–Trinajstić information content (AvgIpc) is 3.10. The number of hydrazine groups is 1. The number of carbonyl (C=O) groups is 1. The summed E-state index contributed by atoms with van der Waals surface area (Å²) in [5.41, 5.74) is 5.03. The van der Waals surface area contributed by atoms with Crippen molar-refractivity contribution < 1.29 is 22.1 Å². The number of thiazole rings is 1. The zero-order valence-corrected chi connectivity index (χ0v) is 22.6. The minimum absolute atomic E-state index is 0.0320. The number of carbonyl (C=O) groups excluding carboxylic acids is 1. The molecule has 0 radical (unpaired) electrons. The number of hydrogen-bond donors (Lipinski definition) is 1. The van der Waals surface area contributed by atoms with Gasteiger partial charge in [-0.2, -0.15) is 8.42 Å². The standard InChI is InChI=1S/C25H33N3O5S2/c1-17-7-10-21(11-8-17)35(30,31)32-16-18(2)14-28(27-24(29)33-25(4,5)6)15-20-9-12-22-23(13-20)34-19(3)26-22/h7-13,18H,14-16H2,1-6H3,(H,27,29)/t18-/m1/s1. The Hall–Kier alpha value is -2.53. The molecule has 35 heavy (non-hydrogen) atoms. The van der Waals surface area contributed by atoms with E-state index in [-0.39, 0.29) is 17.4 Å². The zero-order chi connectivity index (χ0) is 25.8. The maximum absolute atomic E-state index is 12.6. The summed E-state index contributed by atoms with van der Waals surface area (Å²) in [6.07, 6.45) is -0.576.